The first kappa shape index (κ1) is 14.5. The molecule has 1 aromatic rings. The third-order valence-electron chi connectivity index (χ3n) is 4.27. The van der Waals surface area contributed by atoms with Gasteiger partial charge in [0.05, 0.1) is 0 Å². The van der Waals surface area contributed by atoms with Crippen LogP contribution in [0, 0.1) is 5.92 Å². The van der Waals surface area contributed by atoms with Gasteiger partial charge in [0.25, 0.3) is 0 Å². The Morgan fingerprint density at radius 3 is 2.72 bits per heavy atom. The van der Waals surface area contributed by atoms with Gasteiger partial charge < -0.3 is 5.73 Å². The van der Waals surface area contributed by atoms with Crippen LogP contribution in [0.4, 0.5) is 0 Å². The van der Waals surface area contributed by atoms with Crippen LogP contribution in [0.15, 0.2) is 15.9 Å². The molecule has 0 unspecified atom stereocenters. The van der Waals surface area contributed by atoms with Crippen LogP contribution in [0.3, 0.4) is 0 Å². The minimum atomic E-state index is 0.0517. The molecule has 1 saturated carbocycles. The van der Waals surface area contributed by atoms with Crippen LogP contribution in [-0.2, 0) is 6.42 Å². The number of unbranched alkanes of at least 4 members (excludes halogenated alkanes) is 1. The fourth-order valence-corrected chi connectivity index (χ4v) is 4.63. The molecule has 0 spiro atoms. The summed E-state index contributed by atoms with van der Waals surface area (Å²) in [6, 6.07) is 2.14. The van der Waals surface area contributed by atoms with Gasteiger partial charge in [-0.3, -0.25) is 0 Å². The SMILES string of the molecule is CCCCC1CCC(N)(Cc2sccc2Br)CC1. The van der Waals surface area contributed by atoms with Crippen molar-refractivity contribution in [3.63, 3.8) is 0 Å². The molecular formula is C15H24BrNS. The molecule has 1 aliphatic carbocycles. The fraction of sp³-hybridized carbons (Fsp3) is 0.733. The molecule has 1 aliphatic rings. The first-order valence-electron chi connectivity index (χ1n) is 7.14. The summed E-state index contributed by atoms with van der Waals surface area (Å²) in [6.07, 6.45) is 10.2. The Bertz CT molecular complexity index is 366. The minimum absolute atomic E-state index is 0.0517. The van der Waals surface area contributed by atoms with Gasteiger partial charge in [-0.2, -0.15) is 0 Å². The van der Waals surface area contributed by atoms with E-state index in [0.29, 0.717) is 0 Å². The van der Waals surface area contributed by atoms with Crippen molar-refractivity contribution < 1.29 is 0 Å². The topological polar surface area (TPSA) is 26.0 Å². The zero-order valence-electron chi connectivity index (χ0n) is 11.3. The molecule has 18 heavy (non-hydrogen) atoms. The largest absolute Gasteiger partial charge is 0.325 e. The van der Waals surface area contributed by atoms with E-state index < -0.39 is 0 Å². The van der Waals surface area contributed by atoms with Crippen molar-refractivity contribution in [1.82, 2.24) is 0 Å². The fourth-order valence-electron chi connectivity index (χ4n) is 2.98. The molecule has 102 valence electrons. The lowest BCUT2D eigenvalue weighted by atomic mass is 9.74. The maximum atomic E-state index is 6.60. The third-order valence-corrected chi connectivity index (χ3v) is 6.20. The van der Waals surface area contributed by atoms with Crippen LogP contribution in [-0.4, -0.2) is 5.54 Å². The van der Waals surface area contributed by atoms with E-state index in [2.05, 4.69) is 34.3 Å². The monoisotopic (exact) mass is 329 g/mol. The van der Waals surface area contributed by atoms with Crippen LogP contribution in [0.1, 0.15) is 56.7 Å². The quantitative estimate of drug-likeness (QED) is 0.796. The van der Waals surface area contributed by atoms with Crippen molar-refractivity contribution in [2.45, 2.75) is 63.8 Å². The van der Waals surface area contributed by atoms with Gasteiger partial charge in [0.1, 0.15) is 0 Å². The molecule has 1 fully saturated rings. The minimum Gasteiger partial charge on any atom is -0.325 e. The van der Waals surface area contributed by atoms with Crippen LogP contribution >= 0.6 is 27.3 Å². The molecule has 2 rings (SSSR count). The number of rotatable bonds is 5. The first-order valence-corrected chi connectivity index (χ1v) is 8.81. The zero-order valence-corrected chi connectivity index (χ0v) is 13.7. The van der Waals surface area contributed by atoms with Gasteiger partial charge in [0.2, 0.25) is 0 Å². The van der Waals surface area contributed by atoms with E-state index in [4.69, 9.17) is 5.73 Å². The summed E-state index contributed by atoms with van der Waals surface area (Å²) in [4.78, 5) is 1.42. The van der Waals surface area contributed by atoms with E-state index in [-0.39, 0.29) is 5.54 Å². The predicted molar refractivity (Wildman–Crippen MR) is 84.1 cm³/mol. The highest BCUT2D eigenvalue weighted by atomic mass is 79.9. The Morgan fingerprint density at radius 1 is 1.44 bits per heavy atom. The van der Waals surface area contributed by atoms with E-state index in [0.717, 1.165) is 12.3 Å². The molecule has 0 amide bonds. The normalized spacial score (nSPS) is 28.5. The van der Waals surface area contributed by atoms with Gasteiger partial charge >= 0.3 is 0 Å². The molecule has 0 bridgehead atoms. The highest BCUT2D eigenvalue weighted by molar-refractivity contribution is 9.10. The predicted octanol–water partition coefficient (Wildman–Crippen LogP) is 5.13. The van der Waals surface area contributed by atoms with Crippen molar-refractivity contribution >= 4 is 27.3 Å². The van der Waals surface area contributed by atoms with Crippen LogP contribution in [0.5, 0.6) is 0 Å². The Balaban J connectivity index is 1.85. The lowest BCUT2D eigenvalue weighted by molar-refractivity contribution is 0.222. The molecule has 3 heteroatoms. The maximum absolute atomic E-state index is 6.60. The highest BCUT2D eigenvalue weighted by Crippen LogP contribution is 2.37. The summed E-state index contributed by atoms with van der Waals surface area (Å²) in [7, 11) is 0. The summed E-state index contributed by atoms with van der Waals surface area (Å²) in [5, 5.41) is 2.15. The standard InChI is InChI=1S/C15H24BrNS/c1-2-3-4-12-5-8-15(17,9-6-12)11-14-13(16)7-10-18-14/h7,10,12H,2-6,8-9,11,17H2,1H3. The summed E-state index contributed by atoms with van der Waals surface area (Å²) in [5.41, 5.74) is 6.65. The molecule has 1 nitrogen and oxygen atoms in total. The number of hydrogen-bond acceptors (Lipinski definition) is 2. The van der Waals surface area contributed by atoms with Gasteiger partial charge in [0.15, 0.2) is 0 Å². The lowest BCUT2D eigenvalue weighted by Crippen LogP contribution is -2.45. The Hall–Kier alpha value is 0.140. The second-order valence-electron chi connectivity index (χ2n) is 5.82. The molecule has 0 aliphatic heterocycles. The molecule has 0 aromatic carbocycles. The molecule has 0 atom stereocenters. The van der Waals surface area contributed by atoms with E-state index in [1.807, 2.05) is 11.3 Å². The van der Waals surface area contributed by atoms with E-state index >= 15 is 0 Å². The molecule has 1 heterocycles. The number of halogens is 1. The summed E-state index contributed by atoms with van der Waals surface area (Å²) in [6.45, 7) is 2.28. The van der Waals surface area contributed by atoms with Crippen LogP contribution in [0.2, 0.25) is 0 Å². The van der Waals surface area contributed by atoms with Crippen molar-refractivity contribution in [2.75, 3.05) is 0 Å². The van der Waals surface area contributed by atoms with Crippen molar-refractivity contribution in [2.24, 2.45) is 11.7 Å². The Kier molecular flexibility index (Phi) is 5.28. The molecule has 0 saturated heterocycles. The van der Waals surface area contributed by atoms with Crippen molar-refractivity contribution in [3.8, 4) is 0 Å². The van der Waals surface area contributed by atoms with Crippen molar-refractivity contribution in [1.29, 1.82) is 0 Å². The summed E-state index contributed by atoms with van der Waals surface area (Å²) in [5.74, 6) is 0.938. The van der Waals surface area contributed by atoms with Gasteiger partial charge in [-0.05, 0) is 59.0 Å². The maximum Gasteiger partial charge on any atom is 0.0315 e. The van der Waals surface area contributed by atoms with Gasteiger partial charge in [-0.15, -0.1) is 11.3 Å². The average Bonchev–Trinajstić information content (AvgIpc) is 2.74. The smallest absolute Gasteiger partial charge is 0.0315 e. The van der Waals surface area contributed by atoms with E-state index in [9.17, 15) is 0 Å². The van der Waals surface area contributed by atoms with Gasteiger partial charge in [-0.1, -0.05) is 26.2 Å². The van der Waals surface area contributed by atoms with E-state index in [1.54, 1.807) is 0 Å². The number of hydrogen-bond donors (Lipinski definition) is 1. The molecule has 0 radical (unpaired) electrons. The summed E-state index contributed by atoms with van der Waals surface area (Å²) < 4.78 is 1.24. The molecule has 2 N–H and O–H groups in total. The Labute approximate surface area is 123 Å². The average molecular weight is 330 g/mol. The Morgan fingerprint density at radius 2 is 2.17 bits per heavy atom. The summed E-state index contributed by atoms with van der Waals surface area (Å²) >= 11 is 5.45. The van der Waals surface area contributed by atoms with Gasteiger partial charge in [0, 0.05) is 21.3 Å². The number of nitrogens with two attached hydrogens (primary N) is 1. The van der Waals surface area contributed by atoms with Crippen LogP contribution in [0.25, 0.3) is 0 Å². The first-order chi connectivity index (χ1) is 8.63. The second kappa shape index (κ2) is 6.53. The second-order valence-corrected chi connectivity index (χ2v) is 7.67. The zero-order chi connectivity index (χ0) is 13.0. The molecule has 1 aromatic heterocycles. The van der Waals surface area contributed by atoms with Gasteiger partial charge in [-0.25, -0.2) is 0 Å². The lowest BCUT2D eigenvalue weighted by Gasteiger charge is -2.37. The molecular weight excluding hydrogens is 306 g/mol. The van der Waals surface area contributed by atoms with Crippen molar-refractivity contribution in [3.05, 3.63) is 20.8 Å². The number of thiophene rings is 1. The highest BCUT2D eigenvalue weighted by Gasteiger charge is 2.32. The van der Waals surface area contributed by atoms with E-state index in [1.165, 1.54) is 54.3 Å². The van der Waals surface area contributed by atoms with Crippen LogP contribution < -0.4 is 5.73 Å². The third kappa shape index (κ3) is 3.82.